The number of nitrogens with one attached hydrogen (secondary N) is 1. The van der Waals surface area contributed by atoms with Gasteiger partial charge in [0.1, 0.15) is 11.6 Å². The summed E-state index contributed by atoms with van der Waals surface area (Å²) in [6, 6.07) is 10.6. The summed E-state index contributed by atoms with van der Waals surface area (Å²) >= 11 is 0. The number of rotatable bonds is 4. The molecule has 2 N–H and O–H groups in total. The van der Waals surface area contributed by atoms with Gasteiger partial charge in [-0.1, -0.05) is 13.8 Å². The Kier molecular flexibility index (Phi) is 4.50. The average Bonchev–Trinajstić information content (AvgIpc) is 3.25. The van der Waals surface area contributed by atoms with Crippen molar-refractivity contribution < 1.29 is 13.9 Å². The summed E-state index contributed by atoms with van der Waals surface area (Å²) in [5.74, 6) is 0.446. The zero-order valence-corrected chi connectivity index (χ0v) is 17.6. The quantitative estimate of drug-likeness (QED) is 0.472. The molecule has 31 heavy (non-hydrogen) atoms. The molecule has 0 atom stereocenters. The molecule has 7 heteroatoms. The number of aryl methyl sites for hydroxylation is 1. The van der Waals surface area contributed by atoms with E-state index < -0.39 is 5.76 Å². The lowest BCUT2D eigenvalue weighted by Crippen LogP contribution is -2.22. The maximum Gasteiger partial charge on any atom is 0.434 e. The van der Waals surface area contributed by atoms with Crippen molar-refractivity contribution in [3.05, 3.63) is 75.5 Å². The van der Waals surface area contributed by atoms with Gasteiger partial charge in [-0.05, 0) is 79.1 Å². The molecule has 0 spiro atoms. The molecule has 2 aromatic heterocycles. The number of hydrogen-bond acceptors (Lipinski definition) is 4. The van der Waals surface area contributed by atoms with Gasteiger partial charge in [0.2, 0.25) is 5.89 Å². The number of phenolic OH excluding ortho intramolecular Hbond substituents is 1. The Labute approximate surface area is 178 Å². The maximum atomic E-state index is 14.0. The van der Waals surface area contributed by atoms with E-state index in [0.29, 0.717) is 11.5 Å². The zero-order valence-electron chi connectivity index (χ0n) is 17.6. The fourth-order valence-electron chi connectivity index (χ4n) is 4.84. The first kappa shape index (κ1) is 19.6. The Balaban J connectivity index is 1.67. The molecule has 160 valence electrons. The summed E-state index contributed by atoms with van der Waals surface area (Å²) in [6.45, 7) is 6.06. The Morgan fingerprint density at radius 1 is 1.19 bits per heavy atom. The van der Waals surface area contributed by atoms with Gasteiger partial charge in [-0.15, -0.1) is 5.10 Å². The molecule has 2 aromatic carbocycles. The number of hydrogen-bond donors (Lipinski definition) is 2. The van der Waals surface area contributed by atoms with E-state index in [0.717, 1.165) is 35.1 Å². The van der Waals surface area contributed by atoms with E-state index in [-0.39, 0.29) is 29.3 Å². The van der Waals surface area contributed by atoms with E-state index in [1.165, 1.54) is 11.6 Å². The van der Waals surface area contributed by atoms with E-state index in [1.807, 2.05) is 18.2 Å². The van der Waals surface area contributed by atoms with E-state index in [4.69, 9.17) is 4.42 Å². The lowest BCUT2D eigenvalue weighted by molar-refractivity contribution is 0.286. The fraction of sp³-hybridized carbons (Fsp3) is 0.333. The number of nitrogens with zero attached hydrogens (tertiary/aromatic N) is 2. The molecule has 5 rings (SSSR count). The fourth-order valence-corrected chi connectivity index (χ4v) is 4.84. The monoisotopic (exact) mass is 421 g/mol. The van der Waals surface area contributed by atoms with Crippen LogP contribution in [0.1, 0.15) is 67.2 Å². The number of aromatic amines is 1. The Bertz CT molecular complexity index is 1340. The largest absolute Gasteiger partial charge is 0.508 e. The molecule has 1 aliphatic rings. The molecule has 2 heterocycles. The molecule has 0 saturated heterocycles. The van der Waals surface area contributed by atoms with Gasteiger partial charge in [-0.3, -0.25) is 0 Å². The van der Waals surface area contributed by atoms with Crippen LogP contribution in [0.2, 0.25) is 0 Å². The van der Waals surface area contributed by atoms with E-state index in [2.05, 4.69) is 28.6 Å². The minimum absolute atomic E-state index is 0.0905. The summed E-state index contributed by atoms with van der Waals surface area (Å²) in [6.07, 6.45) is 1.62. The van der Waals surface area contributed by atoms with Crippen LogP contribution < -0.4 is 5.76 Å². The topological polar surface area (TPSA) is 84.0 Å². The van der Waals surface area contributed by atoms with Crippen LogP contribution in [0, 0.1) is 12.7 Å². The van der Waals surface area contributed by atoms with Crippen molar-refractivity contribution in [2.45, 2.75) is 51.4 Å². The highest BCUT2D eigenvalue weighted by Crippen LogP contribution is 2.52. The average molecular weight is 421 g/mol. The van der Waals surface area contributed by atoms with Crippen molar-refractivity contribution in [3.63, 3.8) is 0 Å². The first-order chi connectivity index (χ1) is 14.8. The second-order valence-electron chi connectivity index (χ2n) is 8.74. The van der Waals surface area contributed by atoms with Gasteiger partial charge in [0.05, 0.1) is 5.52 Å². The van der Waals surface area contributed by atoms with Gasteiger partial charge in [0, 0.05) is 22.7 Å². The third-order valence-corrected chi connectivity index (χ3v) is 6.32. The lowest BCUT2D eigenvalue weighted by atomic mass is 9.70. The molecule has 1 fully saturated rings. The maximum absolute atomic E-state index is 14.0. The second-order valence-corrected chi connectivity index (χ2v) is 8.74. The summed E-state index contributed by atoms with van der Waals surface area (Å²) in [5.41, 5.74) is 4.82. The van der Waals surface area contributed by atoms with Crippen molar-refractivity contribution in [2.75, 3.05) is 0 Å². The second kappa shape index (κ2) is 7.11. The first-order valence-electron chi connectivity index (χ1n) is 10.5. The number of fused-ring (bicyclic) bond motifs is 1. The highest BCUT2D eigenvalue weighted by molar-refractivity contribution is 5.89. The van der Waals surface area contributed by atoms with Crippen LogP contribution >= 0.6 is 0 Å². The van der Waals surface area contributed by atoms with Crippen molar-refractivity contribution >= 4 is 10.9 Å². The molecule has 1 aliphatic carbocycles. The van der Waals surface area contributed by atoms with Gasteiger partial charge < -0.3 is 14.1 Å². The van der Waals surface area contributed by atoms with Gasteiger partial charge in [0.15, 0.2) is 0 Å². The standard InChI is InChI=1S/C24H24FN3O3/c1-12(2)22-21(14-9-15(10-14)23-26-27-24(30)31-23)18-11-17(29)5-7-20(18)28(22)16-4-6-19(25)13(3)8-16/h4-8,11-12,14-15,29H,9-10H2,1-3H3,(H,27,30)/t14-,15-. The number of H-pyrrole nitrogens is 1. The van der Waals surface area contributed by atoms with Crippen molar-refractivity contribution in [3.8, 4) is 11.4 Å². The number of halogens is 1. The molecule has 4 aromatic rings. The minimum Gasteiger partial charge on any atom is -0.508 e. The van der Waals surface area contributed by atoms with Crippen LogP contribution in [-0.2, 0) is 0 Å². The minimum atomic E-state index is -0.533. The SMILES string of the molecule is Cc1cc(-n2c(C(C)C)c([C@H]3C[C@H](c4n[nH]c(=O)o4)C3)c3cc(O)ccc32)ccc1F. The molecule has 0 bridgehead atoms. The molecule has 0 unspecified atom stereocenters. The molecule has 0 amide bonds. The van der Waals surface area contributed by atoms with Gasteiger partial charge >= 0.3 is 5.76 Å². The predicted molar refractivity (Wildman–Crippen MR) is 116 cm³/mol. The summed E-state index contributed by atoms with van der Waals surface area (Å²) < 4.78 is 21.3. The lowest BCUT2D eigenvalue weighted by Gasteiger charge is -2.34. The van der Waals surface area contributed by atoms with Crippen LogP contribution in [0.15, 0.2) is 45.6 Å². The summed E-state index contributed by atoms with van der Waals surface area (Å²) in [5, 5.41) is 17.5. The molecular weight excluding hydrogens is 397 g/mol. The van der Waals surface area contributed by atoms with E-state index >= 15 is 0 Å². The number of aromatic hydroxyl groups is 1. The predicted octanol–water partition coefficient (Wildman–Crippen LogP) is 5.24. The number of benzene rings is 2. The Hall–Kier alpha value is -3.35. The smallest absolute Gasteiger partial charge is 0.434 e. The Morgan fingerprint density at radius 2 is 1.97 bits per heavy atom. The van der Waals surface area contributed by atoms with Gasteiger partial charge in [0.25, 0.3) is 0 Å². The van der Waals surface area contributed by atoms with Crippen LogP contribution in [0.4, 0.5) is 4.39 Å². The van der Waals surface area contributed by atoms with Crippen LogP contribution in [-0.4, -0.2) is 19.9 Å². The van der Waals surface area contributed by atoms with Crippen molar-refractivity contribution in [1.82, 2.24) is 14.8 Å². The molecule has 0 aliphatic heterocycles. The molecular formula is C24H24FN3O3. The third kappa shape index (κ3) is 3.15. The van der Waals surface area contributed by atoms with Crippen LogP contribution in [0.25, 0.3) is 16.6 Å². The van der Waals surface area contributed by atoms with Crippen LogP contribution in [0.3, 0.4) is 0 Å². The van der Waals surface area contributed by atoms with E-state index in [1.54, 1.807) is 19.1 Å². The van der Waals surface area contributed by atoms with E-state index in [9.17, 15) is 14.3 Å². The third-order valence-electron chi connectivity index (χ3n) is 6.32. The van der Waals surface area contributed by atoms with Gasteiger partial charge in [-0.25, -0.2) is 14.3 Å². The van der Waals surface area contributed by atoms with Crippen LogP contribution in [0.5, 0.6) is 5.75 Å². The molecule has 0 radical (unpaired) electrons. The first-order valence-corrected chi connectivity index (χ1v) is 10.5. The normalized spacial score (nSPS) is 18.6. The van der Waals surface area contributed by atoms with Crippen molar-refractivity contribution in [2.24, 2.45) is 0 Å². The number of phenols is 1. The number of aromatic nitrogens is 3. The summed E-state index contributed by atoms with van der Waals surface area (Å²) in [4.78, 5) is 11.3. The molecule has 1 saturated carbocycles. The highest BCUT2D eigenvalue weighted by atomic mass is 19.1. The zero-order chi connectivity index (χ0) is 21.9. The van der Waals surface area contributed by atoms with Gasteiger partial charge in [-0.2, -0.15) is 0 Å². The summed E-state index contributed by atoms with van der Waals surface area (Å²) in [7, 11) is 0. The van der Waals surface area contributed by atoms with Crippen molar-refractivity contribution in [1.29, 1.82) is 0 Å². The Morgan fingerprint density at radius 3 is 2.61 bits per heavy atom. The highest BCUT2D eigenvalue weighted by Gasteiger charge is 2.39. The molecule has 6 nitrogen and oxygen atoms in total.